The summed E-state index contributed by atoms with van der Waals surface area (Å²) in [6.45, 7) is 0. The number of nitrogens with zero attached hydrogens (tertiary/aromatic N) is 4. The molecule has 0 bridgehead atoms. The van der Waals surface area contributed by atoms with Gasteiger partial charge in [0.2, 0.25) is 5.78 Å². The lowest BCUT2D eigenvalue weighted by atomic mass is 10.3. The van der Waals surface area contributed by atoms with Crippen molar-refractivity contribution in [2.75, 3.05) is 14.1 Å². The van der Waals surface area contributed by atoms with Gasteiger partial charge in [0.1, 0.15) is 11.0 Å². The molecule has 6 nitrogen and oxygen atoms in total. The van der Waals surface area contributed by atoms with Crippen LogP contribution in [0.25, 0.3) is 22.6 Å². The van der Waals surface area contributed by atoms with Crippen molar-refractivity contribution in [1.82, 2.24) is 19.3 Å². The summed E-state index contributed by atoms with van der Waals surface area (Å²) in [7, 11) is 3.65. The molecule has 1 aromatic carbocycles. The fourth-order valence-corrected chi connectivity index (χ4v) is 2.08. The Labute approximate surface area is 120 Å². The third-order valence-electron chi connectivity index (χ3n) is 3.09. The Hall–Kier alpha value is -2.89. The van der Waals surface area contributed by atoms with Crippen molar-refractivity contribution in [3.63, 3.8) is 0 Å². The number of imidazole rings is 1. The minimum atomic E-state index is -0.338. The molecular formula is C15H14N4O2. The number of rotatable bonds is 2. The van der Waals surface area contributed by atoms with Crippen LogP contribution in [0.5, 0.6) is 0 Å². The first-order valence-electron chi connectivity index (χ1n) is 6.42. The van der Waals surface area contributed by atoms with Crippen LogP contribution in [-0.4, -0.2) is 38.5 Å². The lowest BCUT2D eigenvalue weighted by molar-refractivity contribution is 0.504. The zero-order chi connectivity index (χ0) is 15.0. The molecule has 1 N–H and O–H groups in total. The van der Waals surface area contributed by atoms with E-state index in [0.717, 1.165) is 0 Å². The van der Waals surface area contributed by atoms with E-state index in [1.54, 1.807) is 17.2 Å². The smallest absolute Gasteiger partial charge is 0.270 e. The number of benzene rings is 1. The van der Waals surface area contributed by atoms with Crippen LogP contribution in [0.4, 0.5) is 0 Å². The Bertz CT molecular complexity index is 957. The van der Waals surface area contributed by atoms with Gasteiger partial charge in [-0.15, -0.1) is 0 Å². The van der Waals surface area contributed by atoms with Gasteiger partial charge < -0.3 is 10.0 Å². The van der Waals surface area contributed by atoms with E-state index in [0.29, 0.717) is 16.8 Å². The minimum Gasteiger partial charge on any atom is -0.507 e. The number of aliphatic hydroxyl groups excluding tert-OH is 1. The maximum absolute atomic E-state index is 12.5. The highest BCUT2D eigenvalue weighted by Crippen LogP contribution is 2.11. The van der Waals surface area contributed by atoms with Gasteiger partial charge in [0.25, 0.3) is 5.56 Å². The predicted molar refractivity (Wildman–Crippen MR) is 80.8 cm³/mol. The van der Waals surface area contributed by atoms with E-state index in [1.807, 2.05) is 32.3 Å². The van der Waals surface area contributed by atoms with Crippen LogP contribution in [0.15, 0.2) is 47.5 Å². The molecule has 3 rings (SSSR count). The Balaban J connectivity index is 2.37. The molecule has 106 valence electrons. The molecule has 2 heterocycles. The van der Waals surface area contributed by atoms with Crippen molar-refractivity contribution >= 4 is 22.6 Å². The molecule has 0 amide bonds. The normalized spacial score (nSPS) is 13.2. The van der Waals surface area contributed by atoms with Gasteiger partial charge in [-0.2, -0.15) is 0 Å². The van der Waals surface area contributed by atoms with Gasteiger partial charge in [0.05, 0.1) is 11.0 Å². The summed E-state index contributed by atoms with van der Waals surface area (Å²) in [4.78, 5) is 22.7. The molecule has 0 saturated heterocycles. The van der Waals surface area contributed by atoms with Crippen LogP contribution in [0.3, 0.4) is 0 Å². The molecule has 0 fully saturated rings. The van der Waals surface area contributed by atoms with Gasteiger partial charge >= 0.3 is 0 Å². The van der Waals surface area contributed by atoms with E-state index < -0.39 is 0 Å². The maximum atomic E-state index is 12.5. The zero-order valence-corrected chi connectivity index (χ0v) is 11.7. The average Bonchev–Trinajstić information content (AvgIpc) is 2.84. The van der Waals surface area contributed by atoms with Gasteiger partial charge in [-0.25, -0.2) is 14.4 Å². The van der Waals surface area contributed by atoms with Crippen molar-refractivity contribution < 1.29 is 5.11 Å². The molecule has 0 saturated carbocycles. The average molecular weight is 282 g/mol. The molecule has 0 atom stereocenters. The highest BCUT2D eigenvalue weighted by molar-refractivity contribution is 5.79. The largest absolute Gasteiger partial charge is 0.507 e. The standard InChI is InChI=1S/C15H14N4O2/c1-18(2)8-7-13(20)10-9-16-15-17-11-5-3-4-6-12(11)19(15)14(10)21/h3-9,20H,1-2H3. The first-order valence-corrected chi connectivity index (χ1v) is 6.42. The van der Waals surface area contributed by atoms with Crippen molar-refractivity contribution in [3.05, 3.63) is 58.3 Å². The topological polar surface area (TPSA) is 70.7 Å². The molecule has 0 radical (unpaired) electrons. The van der Waals surface area contributed by atoms with E-state index in [1.165, 1.54) is 16.7 Å². The van der Waals surface area contributed by atoms with Gasteiger partial charge in [0.15, 0.2) is 0 Å². The van der Waals surface area contributed by atoms with Crippen molar-refractivity contribution in [1.29, 1.82) is 0 Å². The summed E-state index contributed by atoms with van der Waals surface area (Å²) in [5.74, 6) is 0.204. The van der Waals surface area contributed by atoms with Crippen LogP contribution in [-0.2, 0) is 0 Å². The number of fused-ring (bicyclic) bond motifs is 3. The zero-order valence-electron chi connectivity index (χ0n) is 11.7. The minimum absolute atomic E-state index is 0.124. The first-order chi connectivity index (χ1) is 10.1. The number of aromatic nitrogens is 3. The second-order valence-corrected chi connectivity index (χ2v) is 4.88. The van der Waals surface area contributed by atoms with Gasteiger partial charge in [-0.1, -0.05) is 12.1 Å². The van der Waals surface area contributed by atoms with Crippen molar-refractivity contribution in [2.45, 2.75) is 0 Å². The second kappa shape index (κ2) is 4.90. The molecule has 2 aromatic heterocycles. The van der Waals surface area contributed by atoms with Crippen molar-refractivity contribution in [2.24, 2.45) is 0 Å². The molecule has 6 heteroatoms. The third kappa shape index (κ3) is 2.20. The first kappa shape index (κ1) is 13.1. The summed E-state index contributed by atoms with van der Waals surface area (Å²) in [5, 5.41) is 10.2. The van der Waals surface area contributed by atoms with Crippen LogP contribution in [0.2, 0.25) is 0 Å². The van der Waals surface area contributed by atoms with Crippen LogP contribution >= 0.6 is 0 Å². The predicted octanol–water partition coefficient (Wildman–Crippen LogP) is 0.703. The van der Waals surface area contributed by atoms with Gasteiger partial charge in [-0.05, 0) is 18.2 Å². The lowest BCUT2D eigenvalue weighted by Crippen LogP contribution is -2.33. The molecule has 0 aliphatic carbocycles. The van der Waals surface area contributed by atoms with E-state index in [2.05, 4.69) is 9.97 Å². The Morgan fingerprint density at radius 2 is 2.10 bits per heavy atom. The molecular weight excluding hydrogens is 268 g/mol. The maximum Gasteiger partial charge on any atom is 0.270 e. The molecule has 21 heavy (non-hydrogen) atoms. The fourth-order valence-electron chi connectivity index (χ4n) is 2.08. The van der Waals surface area contributed by atoms with Crippen LogP contribution in [0, 0.1) is 0 Å². The summed E-state index contributed by atoms with van der Waals surface area (Å²) < 4.78 is 1.41. The van der Waals surface area contributed by atoms with E-state index in [-0.39, 0.29) is 16.5 Å². The van der Waals surface area contributed by atoms with Gasteiger partial charge in [-0.3, -0.25) is 4.79 Å². The molecule has 0 aliphatic rings. The number of hydrogen-bond acceptors (Lipinski definition) is 5. The Morgan fingerprint density at radius 1 is 1.33 bits per heavy atom. The van der Waals surface area contributed by atoms with E-state index in [4.69, 9.17) is 0 Å². The molecule has 0 aliphatic heterocycles. The highest BCUT2D eigenvalue weighted by Gasteiger charge is 2.09. The SMILES string of the molecule is CN(C)C=CC(O)=c1cnc2nc3ccccc3n2c1=O. The Kier molecular flexibility index (Phi) is 3.06. The van der Waals surface area contributed by atoms with E-state index in [9.17, 15) is 9.90 Å². The highest BCUT2D eigenvalue weighted by atomic mass is 16.3. The number of aliphatic hydroxyl groups is 1. The quantitative estimate of drug-likeness (QED) is 0.749. The Morgan fingerprint density at radius 3 is 2.86 bits per heavy atom. The number of para-hydroxylation sites is 2. The van der Waals surface area contributed by atoms with E-state index >= 15 is 0 Å². The summed E-state index contributed by atoms with van der Waals surface area (Å²) in [6, 6.07) is 7.30. The lowest BCUT2D eigenvalue weighted by Gasteiger charge is -2.02. The molecule has 0 unspecified atom stereocenters. The molecule has 0 spiro atoms. The van der Waals surface area contributed by atoms with Crippen molar-refractivity contribution in [3.8, 4) is 0 Å². The monoisotopic (exact) mass is 282 g/mol. The summed E-state index contributed by atoms with van der Waals surface area (Å²) >= 11 is 0. The molecule has 3 aromatic rings. The summed E-state index contributed by atoms with van der Waals surface area (Å²) in [6.07, 6.45) is 4.47. The van der Waals surface area contributed by atoms with Crippen LogP contribution < -0.4 is 10.8 Å². The third-order valence-corrected chi connectivity index (χ3v) is 3.09. The van der Waals surface area contributed by atoms with Gasteiger partial charge in [0, 0.05) is 26.5 Å². The second-order valence-electron chi connectivity index (χ2n) is 4.88. The summed E-state index contributed by atoms with van der Waals surface area (Å²) in [5.41, 5.74) is 1.04. The number of hydrogen-bond donors (Lipinski definition) is 1. The van der Waals surface area contributed by atoms with Crippen LogP contribution in [0.1, 0.15) is 0 Å². The fraction of sp³-hybridized carbons (Fsp3) is 0.133.